The fourth-order valence-corrected chi connectivity index (χ4v) is 7.49. The predicted molar refractivity (Wildman–Crippen MR) is 211 cm³/mol. The van der Waals surface area contributed by atoms with Gasteiger partial charge in [-0.25, -0.2) is 4.98 Å². The molecule has 2 heterocycles. The molecule has 8 aromatic carbocycles. The third kappa shape index (κ3) is 4.88. The van der Waals surface area contributed by atoms with Crippen LogP contribution in [0.5, 0.6) is 0 Å². The fraction of sp³-hybridized carbons (Fsp3) is 0. The summed E-state index contributed by atoms with van der Waals surface area (Å²) in [4.78, 5) is 16.0. The maximum absolute atomic E-state index is 5.36. The van der Waals surface area contributed by atoms with Crippen LogP contribution in [0.25, 0.3) is 94.3 Å². The van der Waals surface area contributed by atoms with Crippen LogP contribution in [0.1, 0.15) is 0 Å². The molecule has 0 aliphatic carbocycles. The van der Waals surface area contributed by atoms with Gasteiger partial charge in [-0.1, -0.05) is 164 Å². The van der Waals surface area contributed by atoms with Crippen LogP contribution in [-0.2, 0) is 0 Å². The van der Waals surface area contributed by atoms with Crippen molar-refractivity contribution in [2.75, 3.05) is 0 Å². The second kappa shape index (κ2) is 11.9. The molecule has 4 nitrogen and oxygen atoms in total. The zero-order valence-electron chi connectivity index (χ0n) is 27.6. The molecule has 0 spiro atoms. The summed E-state index contributed by atoms with van der Waals surface area (Å²) < 4.78 is 2.24. The van der Waals surface area contributed by atoms with E-state index in [1.54, 1.807) is 0 Å². The minimum Gasteiger partial charge on any atom is -0.277 e. The highest BCUT2D eigenvalue weighted by atomic mass is 15.2. The minimum absolute atomic E-state index is 0.576. The number of nitrogens with zero attached hydrogens (tertiary/aromatic N) is 4. The number of rotatable bonds is 5. The van der Waals surface area contributed by atoms with Gasteiger partial charge in [0.2, 0.25) is 5.95 Å². The number of hydrogen-bond acceptors (Lipinski definition) is 3. The van der Waals surface area contributed by atoms with Crippen molar-refractivity contribution in [2.24, 2.45) is 0 Å². The van der Waals surface area contributed by atoms with Crippen molar-refractivity contribution < 1.29 is 0 Å². The van der Waals surface area contributed by atoms with Gasteiger partial charge in [0.1, 0.15) is 0 Å². The van der Waals surface area contributed by atoms with E-state index in [1.807, 2.05) is 0 Å². The molecule has 0 N–H and O–H groups in total. The molecule has 2 aromatic heterocycles. The Morgan fingerprint density at radius 1 is 0.333 bits per heavy atom. The van der Waals surface area contributed by atoms with Crippen LogP contribution < -0.4 is 0 Å². The average molecular weight is 651 g/mol. The number of benzene rings is 8. The summed E-state index contributed by atoms with van der Waals surface area (Å²) in [5.41, 5.74) is 8.60. The Morgan fingerprint density at radius 3 is 1.47 bits per heavy atom. The van der Waals surface area contributed by atoms with Crippen molar-refractivity contribution in [3.8, 4) is 51.0 Å². The first-order valence-corrected chi connectivity index (χ1v) is 17.2. The standard InChI is InChI=1S/C47H30N4/c1-3-15-31(16-4-1)35-29-41(34-17-5-2-6-18-34)44-42(30-35)38-25-11-12-28-43(38)51(44)47-49-45(39-26-13-21-32-19-7-9-23-36(32)39)48-46(50-47)40-27-14-22-33-20-8-10-24-37(33)40/h1-30H. The van der Waals surface area contributed by atoms with Crippen molar-refractivity contribution in [3.63, 3.8) is 0 Å². The normalized spacial score (nSPS) is 11.5. The molecule has 0 fully saturated rings. The highest BCUT2D eigenvalue weighted by molar-refractivity contribution is 6.15. The van der Waals surface area contributed by atoms with Gasteiger partial charge < -0.3 is 0 Å². The van der Waals surface area contributed by atoms with Crippen molar-refractivity contribution >= 4 is 43.4 Å². The van der Waals surface area contributed by atoms with Crippen molar-refractivity contribution in [2.45, 2.75) is 0 Å². The fourth-order valence-electron chi connectivity index (χ4n) is 7.49. The third-order valence-corrected chi connectivity index (χ3v) is 9.85. The summed E-state index contributed by atoms with van der Waals surface area (Å²) in [7, 11) is 0. The lowest BCUT2D eigenvalue weighted by atomic mass is 9.95. The van der Waals surface area contributed by atoms with Crippen molar-refractivity contribution in [1.82, 2.24) is 19.5 Å². The molecule has 0 saturated heterocycles. The van der Waals surface area contributed by atoms with E-state index in [4.69, 9.17) is 15.0 Å². The molecule has 0 aliphatic rings. The van der Waals surface area contributed by atoms with Gasteiger partial charge in [-0.3, -0.25) is 4.57 Å². The summed E-state index contributed by atoms with van der Waals surface area (Å²) >= 11 is 0. The number of hydrogen-bond donors (Lipinski definition) is 0. The summed E-state index contributed by atoms with van der Waals surface area (Å²) in [6, 6.07) is 63.9. The monoisotopic (exact) mass is 650 g/mol. The van der Waals surface area contributed by atoms with Gasteiger partial charge >= 0.3 is 0 Å². The topological polar surface area (TPSA) is 43.6 Å². The maximum atomic E-state index is 5.36. The van der Waals surface area contributed by atoms with Gasteiger partial charge in [-0.15, -0.1) is 0 Å². The smallest absolute Gasteiger partial charge is 0.238 e. The zero-order chi connectivity index (χ0) is 33.7. The van der Waals surface area contributed by atoms with E-state index in [9.17, 15) is 0 Å². The van der Waals surface area contributed by atoms with Crippen LogP contribution in [0.3, 0.4) is 0 Å². The largest absolute Gasteiger partial charge is 0.277 e. The SMILES string of the molecule is c1ccc(-c2cc(-c3ccccc3)c3c(c2)c2ccccc2n3-c2nc(-c3cccc4ccccc34)nc(-c3cccc4ccccc34)n2)cc1. The molecule has 0 bridgehead atoms. The van der Waals surface area contributed by atoms with Gasteiger partial charge in [0, 0.05) is 27.5 Å². The highest BCUT2D eigenvalue weighted by Crippen LogP contribution is 2.41. The van der Waals surface area contributed by atoms with Gasteiger partial charge in [0.05, 0.1) is 11.0 Å². The molecule has 0 amide bonds. The molecule has 0 unspecified atom stereocenters. The minimum atomic E-state index is 0.576. The number of para-hydroxylation sites is 1. The Bertz CT molecular complexity index is 2800. The Kier molecular flexibility index (Phi) is 6.78. The zero-order valence-corrected chi connectivity index (χ0v) is 27.6. The highest BCUT2D eigenvalue weighted by Gasteiger charge is 2.22. The van der Waals surface area contributed by atoms with E-state index in [1.165, 1.54) is 5.56 Å². The Balaban J connectivity index is 1.34. The molecule has 51 heavy (non-hydrogen) atoms. The lowest BCUT2D eigenvalue weighted by Crippen LogP contribution is -2.07. The first kappa shape index (κ1) is 29.0. The molecule has 238 valence electrons. The Hall–Kier alpha value is -6.91. The van der Waals surface area contributed by atoms with Crippen LogP contribution in [0, 0.1) is 0 Å². The molecule has 4 heteroatoms. The molecule has 10 aromatic rings. The summed E-state index contributed by atoms with van der Waals surface area (Å²) in [5, 5.41) is 6.76. The molecular weight excluding hydrogens is 621 g/mol. The summed E-state index contributed by atoms with van der Waals surface area (Å²) in [5.74, 6) is 1.84. The molecule has 10 rings (SSSR count). The van der Waals surface area contributed by atoms with Crippen molar-refractivity contribution in [1.29, 1.82) is 0 Å². The van der Waals surface area contributed by atoms with E-state index in [0.29, 0.717) is 17.6 Å². The molecule has 0 saturated carbocycles. The summed E-state index contributed by atoms with van der Waals surface area (Å²) in [6.45, 7) is 0. The van der Waals surface area contributed by atoms with E-state index in [0.717, 1.165) is 71.2 Å². The quantitative estimate of drug-likeness (QED) is 0.186. The van der Waals surface area contributed by atoms with E-state index in [2.05, 4.69) is 187 Å². The van der Waals surface area contributed by atoms with Gasteiger partial charge in [0.15, 0.2) is 11.6 Å². The maximum Gasteiger partial charge on any atom is 0.238 e. The molecule has 0 aliphatic heterocycles. The van der Waals surface area contributed by atoms with Gasteiger partial charge in [-0.05, 0) is 56.4 Å². The second-order valence-corrected chi connectivity index (χ2v) is 12.8. The van der Waals surface area contributed by atoms with Crippen LogP contribution in [-0.4, -0.2) is 19.5 Å². The molecule has 0 radical (unpaired) electrons. The lowest BCUT2D eigenvalue weighted by molar-refractivity contribution is 0.955. The lowest BCUT2D eigenvalue weighted by Gasteiger charge is -2.15. The van der Waals surface area contributed by atoms with Crippen molar-refractivity contribution in [3.05, 3.63) is 182 Å². The number of aromatic nitrogens is 4. The van der Waals surface area contributed by atoms with E-state index >= 15 is 0 Å². The predicted octanol–water partition coefficient (Wildman–Crippen LogP) is 11.9. The Labute approximate surface area is 295 Å². The van der Waals surface area contributed by atoms with Crippen LogP contribution >= 0.6 is 0 Å². The van der Waals surface area contributed by atoms with E-state index in [-0.39, 0.29) is 0 Å². The first-order valence-electron chi connectivity index (χ1n) is 17.2. The summed E-state index contributed by atoms with van der Waals surface area (Å²) in [6.07, 6.45) is 0. The van der Waals surface area contributed by atoms with Crippen LogP contribution in [0.2, 0.25) is 0 Å². The van der Waals surface area contributed by atoms with Gasteiger partial charge in [0.25, 0.3) is 0 Å². The van der Waals surface area contributed by atoms with Crippen LogP contribution in [0.4, 0.5) is 0 Å². The molecule has 0 atom stereocenters. The average Bonchev–Trinajstić information content (AvgIpc) is 3.55. The first-order chi connectivity index (χ1) is 25.3. The van der Waals surface area contributed by atoms with Crippen LogP contribution in [0.15, 0.2) is 182 Å². The Morgan fingerprint density at radius 2 is 0.843 bits per heavy atom. The van der Waals surface area contributed by atoms with Gasteiger partial charge in [-0.2, -0.15) is 9.97 Å². The molecular formula is C47H30N4. The second-order valence-electron chi connectivity index (χ2n) is 12.8. The third-order valence-electron chi connectivity index (χ3n) is 9.85. The van der Waals surface area contributed by atoms with E-state index < -0.39 is 0 Å². The number of fused-ring (bicyclic) bond motifs is 5.